The summed E-state index contributed by atoms with van der Waals surface area (Å²) in [5, 5.41) is 8.48. The van der Waals surface area contributed by atoms with Gasteiger partial charge in [-0.3, -0.25) is 0 Å². The molecule has 1 aliphatic rings. The molecule has 0 spiro atoms. The molecule has 130 valence electrons. The number of nitrogens with zero attached hydrogens (tertiary/aromatic N) is 6. The molecule has 1 atom stereocenters. The fourth-order valence-electron chi connectivity index (χ4n) is 4.19. The number of rotatable bonds is 4. The highest BCUT2D eigenvalue weighted by Gasteiger charge is 2.45. The molecule has 3 heterocycles. The van der Waals surface area contributed by atoms with Gasteiger partial charge < -0.3 is 4.90 Å². The molecule has 4 rings (SSSR count). The number of anilines is 1. The zero-order chi connectivity index (χ0) is 17.4. The minimum atomic E-state index is 0.0418. The predicted molar refractivity (Wildman–Crippen MR) is 98.4 cm³/mol. The maximum atomic E-state index is 4.62. The lowest BCUT2D eigenvalue weighted by Crippen LogP contribution is -2.50. The van der Waals surface area contributed by atoms with Crippen molar-refractivity contribution >= 4 is 17.0 Å². The van der Waals surface area contributed by atoms with E-state index in [9.17, 15) is 0 Å². The van der Waals surface area contributed by atoms with Crippen LogP contribution >= 0.6 is 0 Å². The third-order valence-electron chi connectivity index (χ3n) is 5.58. The molecular formula is C19H24N6. The molecule has 1 aliphatic heterocycles. The fraction of sp³-hybridized carbons (Fsp3) is 0.474. The standard InChI is InChI=1S/C19H24N6/c1-14(2)19(12-15-8-5-4-6-9-15)10-7-11-25(19)18-16-17(20-13-21-18)24(3)23-22-16/h4-6,8-9,13-14H,7,10-12H2,1-3H3. The van der Waals surface area contributed by atoms with Crippen LogP contribution in [0.25, 0.3) is 11.2 Å². The Morgan fingerprint density at radius 2 is 1.96 bits per heavy atom. The van der Waals surface area contributed by atoms with Crippen LogP contribution in [0, 0.1) is 5.92 Å². The van der Waals surface area contributed by atoms with Gasteiger partial charge in [-0.25, -0.2) is 14.6 Å². The van der Waals surface area contributed by atoms with E-state index in [1.54, 1.807) is 11.0 Å². The third-order valence-corrected chi connectivity index (χ3v) is 5.58. The lowest BCUT2D eigenvalue weighted by molar-refractivity contribution is 0.306. The summed E-state index contributed by atoms with van der Waals surface area (Å²) in [5.41, 5.74) is 2.99. The van der Waals surface area contributed by atoms with Crippen molar-refractivity contribution in [2.24, 2.45) is 13.0 Å². The first-order valence-electron chi connectivity index (χ1n) is 8.94. The van der Waals surface area contributed by atoms with E-state index in [2.05, 4.69) is 69.4 Å². The molecule has 1 saturated heterocycles. The molecule has 1 fully saturated rings. The number of fused-ring (bicyclic) bond motifs is 1. The third kappa shape index (κ3) is 2.56. The van der Waals surface area contributed by atoms with Gasteiger partial charge >= 0.3 is 0 Å². The van der Waals surface area contributed by atoms with Crippen LogP contribution in [0.4, 0.5) is 5.82 Å². The number of aromatic nitrogens is 5. The molecule has 0 aliphatic carbocycles. The Kier molecular flexibility index (Phi) is 3.90. The highest BCUT2D eigenvalue weighted by Crippen LogP contribution is 2.42. The molecule has 0 amide bonds. The lowest BCUT2D eigenvalue weighted by Gasteiger charge is -2.43. The topological polar surface area (TPSA) is 59.7 Å². The van der Waals surface area contributed by atoms with Gasteiger partial charge in [0.1, 0.15) is 6.33 Å². The average Bonchev–Trinajstić information content (AvgIpc) is 3.21. The Balaban J connectivity index is 1.81. The highest BCUT2D eigenvalue weighted by molar-refractivity contribution is 5.83. The van der Waals surface area contributed by atoms with Crippen molar-refractivity contribution in [3.63, 3.8) is 0 Å². The number of hydrogen-bond acceptors (Lipinski definition) is 5. The molecule has 1 unspecified atom stereocenters. The number of aryl methyl sites for hydroxylation is 1. The monoisotopic (exact) mass is 336 g/mol. The molecule has 0 saturated carbocycles. The lowest BCUT2D eigenvalue weighted by atomic mass is 9.78. The van der Waals surface area contributed by atoms with Gasteiger partial charge in [-0.15, -0.1) is 5.10 Å². The molecular weight excluding hydrogens is 312 g/mol. The van der Waals surface area contributed by atoms with Crippen molar-refractivity contribution in [2.45, 2.75) is 38.6 Å². The maximum Gasteiger partial charge on any atom is 0.183 e. The minimum absolute atomic E-state index is 0.0418. The van der Waals surface area contributed by atoms with E-state index < -0.39 is 0 Å². The molecule has 0 bridgehead atoms. The zero-order valence-corrected chi connectivity index (χ0v) is 15.1. The van der Waals surface area contributed by atoms with Crippen LogP contribution in [0.1, 0.15) is 32.3 Å². The van der Waals surface area contributed by atoms with Crippen LogP contribution in [0.2, 0.25) is 0 Å². The van der Waals surface area contributed by atoms with Gasteiger partial charge in [0.15, 0.2) is 17.0 Å². The van der Waals surface area contributed by atoms with Gasteiger partial charge in [-0.05, 0) is 30.7 Å². The first-order chi connectivity index (χ1) is 12.1. The first kappa shape index (κ1) is 16.0. The second-order valence-corrected chi connectivity index (χ2v) is 7.26. The van der Waals surface area contributed by atoms with Crippen LogP contribution in [-0.2, 0) is 13.5 Å². The van der Waals surface area contributed by atoms with Gasteiger partial charge in [0.25, 0.3) is 0 Å². The molecule has 6 nitrogen and oxygen atoms in total. The first-order valence-corrected chi connectivity index (χ1v) is 8.94. The van der Waals surface area contributed by atoms with E-state index in [4.69, 9.17) is 0 Å². The highest BCUT2D eigenvalue weighted by atomic mass is 15.4. The molecule has 1 aromatic carbocycles. The van der Waals surface area contributed by atoms with Crippen molar-refractivity contribution in [3.05, 3.63) is 42.2 Å². The Hall–Kier alpha value is -2.50. The second kappa shape index (κ2) is 6.10. The van der Waals surface area contributed by atoms with Gasteiger partial charge in [0, 0.05) is 19.1 Å². The van der Waals surface area contributed by atoms with Gasteiger partial charge in [0.05, 0.1) is 0 Å². The Morgan fingerprint density at radius 3 is 2.72 bits per heavy atom. The fourth-order valence-corrected chi connectivity index (χ4v) is 4.19. The van der Waals surface area contributed by atoms with Crippen molar-refractivity contribution < 1.29 is 0 Å². The summed E-state index contributed by atoms with van der Waals surface area (Å²) in [6.07, 6.45) is 4.96. The molecule has 2 aromatic heterocycles. The maximum absolute atomic E-state index is 4.62. The minimum Gasteiger partial charge on any atom is -0.348 e. The van der Waals surface area contributed by atoms with Crippen LogP contribution in [-0.4, -0.2) is 37.0 Å². The van der Waals surface area contributed by atoms with Crippen LogP contribution in [0.15, 0.2) is 36.7 Å². The quantitative estimate of drug-likeness (QED) is 0.733. The summed E-state index contributed by atoms with van der Waals surface area (Å²) >= 11 is 0. The van der Waals surface area contributed by atoms with Crippen molar-refractivity contribution in [1.82, 2.24) is 25.0 Å². The van der Waals surface area contributed by atoms with E-state index in [0.29, 0.717) is 5.92 Å². The molecule has 0 N–H and O–H groups in total. The summed E-state index contributed by atoms with van der Waals surface area (Å²) in [6, 6.07) is 10.8. The summed E-state index contributed by atoms with van der Waals surface area (Å²) in [4.78, 5) is 11.4. The van der Waals surface area contributed by atoms with Crippen molar-refractivity contribution in [2.75, 3.05) is 11.4 Å². The van der Waals surface area contributed by atoms with Crippen LogP contribution in [0.5, 0.6) is 0 Å². The van der Waals surface area contributed by atoms with Gasteiger partial charge in [0.2, 0.25) is 0 Å². The van der Waals surface area contributed by atoms with E-state index >= 15 is 0 Å². The predicted octanol–water partition coefficient (Wildman–Crippen LogP) is 3.00. The van der Waals surface area contributed by atoms with Crippen LogP contribution in [0.3, 0.4) is 0 Å². The van der Waals surface area contributed by atoms with E-state index in [1.807, 2.05) is 7.05 Å². The Morgan fingerprint density at radius 1 is 1.16 bits per heavy atom. The van der Waals surface area contributed by atoms with E-state index in [0.717, 1.165) is 42.8 Å². The summed E-state index contributed by atoms with van der Waals surface area (Å²) in [5.74, 6) is 1.41. The van der Waals surface area contributed by atoms with Crippen LogP contribution < -0.4 is 4.90 Å². The molecule has 6 heteroatoms. The summed E-state index contributed by atoms with van der Waals surface area (Å²) < 4.78 is 1.71. The molecule has 0 radical (unpaired) electrons. The number of hydrogen-bond donors (Lipinski definition) is 0. The van der Waals surface area contributed by atoms with E-state index in [-0.39, 0.29) is 5.54 Å². The Bertz CT molecular complexity index is 872. The summed E-state index contributed by atoms with van der Waals surface area (Å²) in [6.45, 7) is 5.63. The average molecular weight is 336 g/mol. The normalized spacial score (nSPS) is 20.7. The van der Waals surface area contributed by atoms with Gasteiger partial charge in [-0.1, -0.05) is 49.4 Å². The number of benzene rings is 1. The second-order valence-electron chi connectivity index (χ2n) is 7.26. The molecule has 3 aromatic rings. The van der Waals surface area contributed by atoms with E-state index in [1.165, 1.54) is 5.56 Å². The van der Waals surface area contributed by atoms with Crippen molar-refractivity contribution in [3.8, 4) is 0 Å². The SMILES string of the molecule is CC(C)C1(Cc2ccccc2)CCCN1c1ncnc2c1nnn2C. The van der Waals surface area contributed by atoms with Crippen molar-refractivity contribution in [1.29, 1.82) is 0 Å². The Labute approximate surface area is 147 Å². The summed E-state index contributed by atoms with van der Waals surface area (Å²) in [7, 11) is 1.87. The molecule has 25 heavy (non-hydrogen) atoms. The smallest absolute Gasteiger partial charge is 0.183 e. The zero-order valence-electron chi connectivity index (χ0n) is 15.1. The van der Waals surface area contributed by atoms with Gasteiger partial charge in [-0.2, -0.15) is 0 Å². The largest absolute Gasteiger partial charge is 0.348 e.